The summed E-state index contributed by atoms with van der Waals surface area (Å²) in [7, 11) is -0.724. The molecule has 0 amide bonds. The number of ether oxygens (including phenoxy) is 1. The summed E-state index contributed by atoms with van der Waals surface area (Å²) in [4.78, 5) is 12.9. The van der Waals surface area contributed by atoms with Crippen molar-refractivity contribution >= 4 is 32.5 Å². The Kier molecular flexibility index (Phi) is 5.87. The van der Waals surface area contributed by atoms with Gasteiger partial charge in [-0.05, 0) is 32.0 Å². The van der Waals surface area contributed by atoms with Crippen LogP contribution in [0.2, 0.25) is 0 Å². The lowest BCUT2D eigenvalue weighted by molar-refractivity contribution is 0.242. The molecule has 9 nitrogen and oxygen atoms in total. The second kappa shape index (κ2) is 8.17. The molecule has 28 heavy (non-hydrogen) atoms. The Balaban J connectivity index is 1.87. The molecular formula is C17H20N6O3S2. The number of nitrogens with one attached hydrogen (secondary N) is 1. The summed E-state index contributed by atoms with van der Waals surface area (Å²) in [6.45, 7) is 3.88. The summed E-state index contributed by atoms with van der Waals surface area (Å²) in [6, 6.07) is 6.58. The fourth-order valence-corrected chi connectivity index (χ4v) is 3.82. The lowest BCUT2D eigenvalue weighted by atomic mass is 10.3. The molecule has 0 saturated heterocycles. The highest BCUT2D eigenvalue weighted by molar-refractivity contribution is 7.89. The first-order valence-electron chi connectivity index (χ1n) is 8.38. The van der Waals surface area contributed by atoms with Gasteiger partial charge in [-0.1, -0.05) is 0 Å². The second-order valence-electron chi connectivity index (χ2n) is 6.23. The van der Waals surface area contributed by atoms with Gasteiger partial charge < -0.3 is 10.1 Å². The molecule has 0 aliphatic heterocycles. The number of hydrogen-bond acceptors (Lipinski definition) is 9. The molecule has 11 heteroatoms. The van der Waals surface area contributed by atoms with Gasteiger partial charge in [0.25, 0.3) is 0 Å². The third-order valence-corrected chi connectivity index (χ3v) is 5.99. The Labute approximate surface area is 167 Å². The van der Waals surface area contributed by atoms with Crippen molar-refractivity contribution in [1.29, 1.82) is 0 Å². The van der Waals surface area contributed by atoms with Gasteiger partial charge in [0.2, 0.25) is 15.2 Å². The van der Waals surface area contributed by atoms with Gasteiger partial charge in [-0.25, -0.2) is 17.7 Å². The topological polar surface area (TPSA) is 110 Å². The molecular weight excluding hydrogens is 400 g/mol. The highest BCUT2D eigenvalue weighted by atomic mass is 32.2. The maximum atomic E-state index is 12.5. The van der Waals surface area contributed by atoms with Gasteiger partial charge in [0.1, 0.15) is 16.3 Å². The van der Waals surface area contributed by atoms with Gasteiger partial charge in [0.05, 0.1) is 6.10 Å². The van der Waals surface area contributed by atoms with E-state index < -0.39 is 10.0 Å². The summed E-state index contributed by atoms with van der Waals surface area (Å²) in [5, 5.41) is 3.34. The molecule has 1 N–H and O–H groups in total. The largest absolute Gasteiger partial charge is 0.491 e. The molecule has 0 unspecified atom stereocenters. The normalized spacial score (nSPS) is 11.8. The fourth-order valence-electron chi connectivity index (χ4n) is 2.25. The summed E-state index contributed by atoms with van der Waals surface area (Å²) >= 11 is 1.09. The molecule has 0 radical (unpaired) electrons. The predicted molar refractivity (Wildman–Crippen MR) is 107 cm³/mol. The number of pyridine rings is 2. The van der Waals surface area contributed by atoms with Gasteiger partial charge in [-0.3, -0.25) is 4.98 Å². The molecule has 0 fully saturated rings. The third kappa shape index (κ3) is 4.43. The van der Waals surface area contributed by atoms with E-state index in [1.807, 2.05) is 13.8 Å². The van der Waals surface area contributed by atoms with Crippen LogP contribution in [0.5, 0.6) is 5.75 Å². The van der Waals surface area contributed by atoms with Crippen molar-refractivity contribution in [3.05, 3.63) is 36.7 Å². The van der Waals surface area contributed by atoms with Crippen molar-refractivity contribution in [2.75, 3.05) is 19.4 Å². The zero-order valence-electron chi connectivity index (χ0n) is 15.8. The summed E-state index contributed by atoms with van der Waals surface area (Å²) in [6.07, 6.45) is 3.17. The molecule has 0 saturated carbocycles. The zero-order valence-corrected chi connectivity index (χ0v) is 17.5. The quantitative estimate of drug-likeness (QED) is 0.621. The van der Waals surface area contributed by atoms with Crippen molar-refractivity contribution in [2.45, 2.75) is 24.8 Å². The van der Waals surface area contributed by atoms with Crippen LogP contribution in [0.1, 0.15) is 13.8 Å². The van der Waals surface area contributed by atoms with Crippen molar-refractivity contribution in [2.24, 2.45) is 0 Å². The van der Waals surface area contributed by atoms with Crippen LogP contribution in [0, 0.1) is 0 Å². The highest BCUT2D eigenvalue weighted by Gasteiger charge is 2.22. The molecule has 0 spiro atoms. The SMILES string of the molecule is CC(C)Oc1ccnc(-c2nsc(Nc3ncccc3S(=O)(=O)N(C)C)n2)c1. The van der Waals surface area contributed by atoms with Crippen LogP contribution in [-0.2, 0) is 10.0 Å². The predicted octanol–water partition coefficient (Wildman–Crippen LogP) is 2.78. The average Bonchev–Trinajstić information content (AvgIpc) is 3.10. The fraction of sp³-hybridized carbons (Fsp3) is 0.294. The van der Waals surface area contributed by atoms with Gasteiger partial charge >= 0.3 is 0 Å². The molecule has 0 aliphatic rings. The van der Waals surface area contributed by atoms with E-state index in [-0.39, 0.29) is 16.8 Å². The Bertz CT molecular complexity index is 1070. The van der Waals surface area contributed by atoms with E-state index in [1.165, 1.54) is 26.4 Å². The Hall–Kier alpha value is -2.63. The number of hydrogen-bond donors (Lipinski definition) is 1. The number of sulfonamides is 1. The van der Waals surface area contributed by atoms with E-state index in [0.717, 1.165) is 15.8 Å². The van der Waals surface area contributed by atoms with Crippen LogP contribution < -0.4 is 10.1 Å². The maximum absolute atomic E-state index is 12.5. The monoisotopic (exact) mass is 420 g/mol. The van der Waals surface area contributed by atoms with Crippen molar-refractivity contribution in [3.8, 4) is 17.3 Å². The first-order chi connectivity index (χ1) is 13.3. The molecule has 148 valence electrons. The first kappa shape index (κ1) is 20.1. The van der Waals surface area contributed by atoms with Crippen molar-refractivity contribution < 1.29 is 13.2 Å². The van der Waals surface area contributed by atoms with E-state index in [2.05, 4.69) is 24.6 Å². The van der Waals surface area contributed by atoms with Crippen LogP contribution >= 0.6 is 11.5 Å². The van der Waals surface area contributed by atoms with E-state index in [0.29, 0.717) is 22.4 Å². The Morgan fingerprint density at radius 3 is 2.68 bits per heavy atom. The van der Waals surface area contributed by atoms with Gasteiger partial charge in [-0.15, -0.1) is 0 Å². The number of aromatic nitrogens is 4. The third-order valence-electron chi connectivity index (χ3n) is 3.51. The maximum Gasteiger partial charge on any atom is 0.246 e. The zero-order chi connectivity index (χ0) is 20.3. The minimum atomic E-state index is -3.65. The Morgan fingerprint density at radius 1 is 1.18 bits per heavy atom. The average molecular weight is 421 g/mol. The summed E-state index contributed by atoms with van der Waals surface area (Å²) < 4.78 is 36.1. The molecule has 0 aromatic carbocycles. The standard InChI is InChI=1S/C17H20N6O3S2/c1-11(2)26-12-7-9-18-13(10-12)15-20-17(27-22-15)21-16-14(6-5-8-19-16)28(24,25)23(3)4/h5-11H,1-4H3,(H,19,20,21,22). The van der Waals surface area contributed by atoms with Crippen LogP contribution in [0.25, 0.3) is 11.5 Å². The van der Waals surface area contributed by atoms with Crippen molar-refractivity contribution in [3.63, 3.8) is 0 Å². The number of anilines is 2. The highest BCUT2D eigenvalue weighted by Crippen LogP contribution is 2.28. The number of rotatable bonds is 7. The van der Waals surface area contributed by atoms with Crippen LogP contribution in [-0.4, -0.2) is 52.2 Å². The second-order valence-corrected chi connectivity index (χ2v) is 9.10. The molecule has 3 rings (SSSR count). The van der Waals surface area contributed by atoms with Crippen LogP contribution in [0.3, 0.4) is 0 Å². The van der Waals surface area contributed by atoms with Gasteiger partial charge in [0, 0.05) is 44.1 Å². The van der Waals surface area contributed by atoms with Crippen LogP contribution in [0.4, 0.5) is 10.9 Å². The lowest BCUT2D eigenvalue weighted by Crippen LogP contribution is -2.23. The lowest BCUT2D eigenvalue weighted by Gasteiger charge is -2.14. The molecule has 0 bridgehead atoms. The van der Waals surface area contributed by atoms with E-state index in [9.17, 15) is 8.42 Å². The Morgan fingerprint density at radius 2 is 1.96 bits per heavy atom. The van der Waals surface area contributed by atoms with Gasteiger partial charge in [-0.2, -0.15) is 9.36 Å². The molecule has 3 heterocycles. The molecule has 0 aliphatic carbocycles. The smallest absolute Gasteiger partial charge is 0.246 e. The van der Waals surface area contributed by atoms with E-state index >= 15 is 0 Å². The van der Waals surface area contributed by atoms with E-state index in [4.69, 9.17) is 4.74 Å². The van der Waals surface area contributed by atoms with E-state index in [1.54, 1.807) is 24.4 Å². The summed E-state index contributed by atoms with van der Waals surface area (Å²) in [5.74, 6) is 1.27. The molecule has 3 aromatic rings. The minimum Gasteiger partial charge on any atom is -0.491 e. The minimum absolute atomic E-state index is 0.0390. The first-order valence-corrected chi connectivity index (χ1v) is 10.6. The summed E-state index contributed by atoms with van der Waals surface area (Å²) in [5.41, 5.74) is 0.560. The van der Waals surface area contributed by atoms with Crippen molar-refractivity contribution in [1.82, 2.24) is 23.6 Å². The molecule has 0 atom stereocenters. The van der Waals surface area contributed by atoms with Gasteiger partial charge in [0.15, 0.2) is 11.6 Å². The number of nitrogens with zero attached hydrogens (tertiary/aromatic N) is 5. The molecule has 3 aromatic heterocycles. The van der Waals surface area contributed by atoms with Crippen LogP contribution in [0.15, 0.2) is 41.6 Å².